The number of thiophene rings is 1. The Bertz CT molecular complexity index is 691. The zero-order valence-electron chi connectivity index (χ0n) is 14.9. The van der Waals surface area contributed by atoms with Gasteiger partial charge in [0.25, 0.3) is 0 Å². The van der Waals surface area contributed by atoms with E-state index < -0.39 is 10.0 Å². The molecule has 1 aliphatic heterocycles. The molecule has 0 bridgehead atoms. The van der Waals surface area contributed by atoms with Gasteiger partial charge < -0.3 is 10.6 Å². The fourth-order valence-corrected chi connectivity index (χ4v) is 6.21. The maximum Gasteiger partial charge on any atom is 0.250 e. The van der Waals surface area contributed by atoms with Crippen LogP contribution in [0, 0.1) is 0 Å². The van der Waals surface area contributed by atoms with E-state index in [0.29, 0.717) is 10.9 Å². The minimum absolute atomic E-state index is 0. The van der Waals surface area contributed by atoms with Crippen molar-refractivity contribution in [1.29, 1.82) is 0 Å². The third-order valence-electron chi connectivity index (χ3n) is 3.74. The summed E-state index contributed by atoms with van der Waals surface area (Å²) in [7, 11) is -3.50. The Kier molecular flexibility index (Phi) is 10.6. The summed E-state index contributed by atoms with van der Waals surface area (Å²) in [6.45, 7) is 6.49. The predicted molar refractivity (Wildman–Crippen MR) is 124 cm³/mol. The highest BCUT2D eigenvalue weighted by Crippen LogP contribution is 2.37. The summed E-state index contributed by atoms with van der Waals surface area (Å²) >= 11 is 8.81. The summed E-state index contributed by atoms with van der Waals surface area (Å²) in [5.41, 5.74) is 0. The van der Waals surface area contributed by atoms with Crippen molar-refractivity contribution in [3.63, 3.8) is 0 Å². The lowest BCUT2D eigenvalue weighted by molar-refractivity contribution is 0.582. The van der Waals surface area contributed by atoms with E-state index in [1.54, 1.807) is 6.07 Å². The van der Waals surface area contributed by atoms with Crippen LogP contribution in [0.25, 0.3) is 0 Å². The Hall–Kier alpha value is 0.250. The van der Waals surface area contributed by atoms with E-state index in [0.717, 1.165) is 30.4 Å². The summed E-state index contributed by atoms with van der Waals surface area (Å²) in [4.78, 5) is 4.64. The number of guanidine groups is 1. The molecule has 26 heavy (non-hydrogen) atoms. The number of halogens is 2. The number of rotatable bonds is 8. The van der Waals surface area contributed by atoms with Crippen molar-refractivity contribution < 1.29 is 8.42 Å². The topological polar surface area (TPSA) is 82.6 Å². The zero-order chi connectivity index (χ0) is 18.3. The van der Waals surface area contributed by atoms with Gasteiger partial charge in [-0.2, -0.15) is 11.8 Å². The molecule has 2 rings (SSSR count). The van der Waals surface area contributed by atoms with Gasteiger partial charge in [-0.25, -0.2) is 13.1 Å². The molecule has 0 radical (unpaired) electrons. The average Bonchev–Trinajstić information content (AvgIpc) is 3.18. The van der Waals surface area contributed by atoms with Gasteiger partial charge in [-0.15, -0.1) is 35.3 Å². The third-order valence-corrected chi connectivity index (χ3v) is 8.45. The number of aliphatic imine (C=N–C) groups is 1. The molecule has 0 aliphatic carbocycles. The fraction of sp³-hybridized carbons (Fsp3) is 0.667. The first kappa shape index (κ1) is 24.3. The number of hydrogen-bond donors (Lipinski definition) is 3. The standard InChI is InChI=1S/C15H25ClN4O2S3.HI/c1-3-17-14(19-11-15(2)7-4-10-23-15)18-8-9-20-25(21,22)13-6-5-12(16)24-13;/h5-6,20H,3-4,7-11H2,1-2H3,(H2,17,18,19);1H. The van der Waals surface area contributed by atoms with Crippen molar-refractivity contribution in [2.75, 3.05) is 31.9 Å². The first-order valence-electron chi connectivity index (χ1n) is 8.26. The number of hydrogen-bond acceptors (Lipinski definition) is 5. The Morgan fingerprint density at radius 2 is 2.12 bits per heavy atom. The van der Waals surface area contributed by atoms with Crippen molar-refractivity contribution in [3.05, 3.63) is 16.5 Å². The molecule has 0 aromatic carbocycles. The summed E-state index contributed by atoms with van der Waals surface area (Å²) in [6, 6.07) is 3.09. The maximum atomic E-state index is 12.1. The van der Waals surface area contributed by atoms with Crippen molar-refractivity contribution in [3.8, 4) is 0 Å². The van der Waals surface area contributed by atoms with E-state index >= 15 is 0 Å². The van der Waals surface area contributed by atoms with Gasteiger partial charge in [0.05, 0.1) is 10.9 Å². The van der Waals surface area contributed by atoms with Gasteiger partial charge in [-0.3, -0.25) is 4.99 Å². The van der Waals surface area contributed by atoms with E-state index in [9.17, 15) is 8.42 Å². The molecule has 1 unspecified atom stereocenters. The molecule has 6 nitrogen and oxygen atoms in total. The highest BCUT2D eigenvalue weighted by Gasteiger charge is 2.29. The lowest BCUT2D eigenvalue weighted by Gasteiger charge is -2.21. The second kappa shape index (κ2) is 11.3. The average molecular weight is 553 g/mol. The van der Waals surface area contributed by atoms with E-state index in [1.165, 1.54) is 24.7 Å². The van der Waals surface area contributed by atoms with Gasteiger partial charge in [-0.1, -0.05) is 11.6 Å². The summed E-state index contributed by atoms with van der Waals surface area (Å²) < 4.78 is 27.7. The smallest absolute Gasteiger partial charge is 0.250 e. The molecular formula is C15H26ClIN4O2S3. The molecule has 11 heteroatoms. The molecule has 0 amide bonds. The van der Waals surface area contributed by atoms with Crippen molar-refractivity contribution in [2.45, 2.75) is 35.6 Å². The summed E-state index contributed by atoms with van der Waals surface area (Å²) in [5, 5.41) is 6.36. The molecule has 1 atom stereocenters. The molecule has 1 aliphatic rings. The second-order valence-corrected chi connectivity index (χ2v) is 11.4. The molecule has 0 saturated carbocycles. The lowest BCUT2D eigenvalue weighted by Crippen LogP contribution is -2.42. The number of nitrogens with zero attached hydrogens (tertiary/aromatic N) is 1. The monoisotopic (exact) mass is 552 g/mol. The maximum absolute atomic E-state index is 12.1. The second-order valence-electron chi connectivity index (χ2n) is 5.98. The Labute approximate surface area is 186 Å². The summed E-state index contributed by atoms with van der Waals surface area (Å²) in [6.07, 6.45) is 2.43. The van der Waals surface area contributed by atoms with Gasteiger partial charge in [0, 0.05) is 24.4 Å². The third kappa shape index (κ3) is 7.70. The highest BCUT2D eigenvalue weighted by atomic mass is 127. The van der Waals surface area contributed by atoms with Crippen molar-refractivity contribution >= 4 is 74.7 Å². The highest BCUT2D eigenvalue weighted by molar-refractivity contribution is 14.0. The molecule has 150 valence electrons. The van der Waals surface area contributed by atoms with Gasteiger partial charge in [0.15, 0.2) is 5.96 Å². The van der Waals surface area contributed by atoms with Crippen LogP contribution < -0.4 is 15.4 Å². The van der Waals surface area contributed by atoms with Crippen LogP contribution >= 0.6 is 58.7 Å². The van der Waals surface area contributed by atoms with Gasteiger partial charge in [0.1, 0.15) is 4.21 Å². The van der Waals surface area contributed by atoms with Crippen LogP contribution in [-0.2, 0) is 10.0 Å². The quantitative estimate of drug-likeness (QED) is 0.200. The largest absolute Gasteiger partial charge is 0.357 e. The summed E-state index contributed by atoms with van der Waals surface area (Å²) in [5.74, 6) is 1.92. The van der Waals surface area contributed by atoms with Crippen LogP contribution in [0.15, 0.2) is 21.3 Å². The van der Waals surface area contributed by atoms with Crippen LogP contribution in [0.3, 0.4) is 0 Å². The first-order valence-corrected chi connectivity index (χ1v) is 11.9. The van der Waals surface area contributed by atoms with E-state index in [2.05, 4.69) is 27.3 Å². The van der Waals surface area contributed by atoms with Crippen LogP contribution in [0.4, 0.5) is 0 Å². The van der Waals surface area contributed by atoms with Crippen molar-refractivity contribution in [1.82, 2.24) is 15.4 Å². The molecule has 1 saturated heterocycles. The fourth-order valence-electron chi connectivity index (χ4n) is 2.43. The van der Waals surface area contributed by atoms with E-state index in [4.69, 9.17) is 11.6 Å². The SMILES string of the molecule is CCNC(=NCC1(C)CCCS1)NCCNS(=O)(=O)c1ccc(Cl)s1.I. The molecule has 2 heterocycles. The molecule has 1 fully saturated rings. The molecular weight excluding hydrogens is 527 g/mol. The van der Waals surface area contributed by atoms with Crippen LogP contribution in [0.2, 0.25) is 4.34 Å². The normalized spacial score (nSPS) is 20.7. The Morgan fingerprint density at radius 1 is 1.35 bits per heavy atom. The minimum Gasteiger partial charge on any atom is -0.357 e. The Morgan fingerprint density at radius 3 is 2.69 bits per heavy atom. The number of sulfonamides is 1. The van der Waals surface area contributed by atoms with E-state index in [-0.39, 0.29) is 39.5 Å². The van der Waals surface area contributed by atoms with Crippen LogP contribution in [0.5, 0.6) is 0 Å². The van der Waals surface area contributed by atoms with Crippen LogP contribution in [-0.4, -0.2) is 51.1 Å². The molecule has 0 spiro atoms. The number of nitrogens with one attached hydrogen (secondary N) is 3. The van der Waals surface area contributed by atoms with Gasteiger partial charge >= 0.3 is 0 Å². The van der Waals surface area contributed by atoms with Crippen LogP contribution in [0.1, 0.15) is 26.7 Å². The van der Waals surface area contributed by atoms with Gasteiger partial charge in [-0.05, 0) is 44.6 Å². The zero-order valence-corrected chi connectivity index (χ0v) is 20.4. The number of thioether (sulfide) groups is 1. The van der Waals surface area contributed by atoms with Crippen molar-refractivity contribution in [2.24, 2.45) is 4.99 Å². The molecule has 3 N–H and O–H groups in total. The molecule has 1 aromatic heterocycles. The lowest BCUT2D eigenvalue weighted by atomic mass is 10.1. The predicted octanol–water partition coefficient (Wildman–Crippen LogP) is 3.14. The van der Waals surface area contributed by atoms with E-state index in [1.807, 2.05) is 18.7 Å². The Balaban J connectivity index is 0.00000338. The van der Waals surface area contributed by atoms with Gasteiger partial charge in [0.2, 0.25) is 10.0 Å². The first-order chi connectivity index (χ1) is 11.8. The minimum atomic E-state index is -3.50. The molecule has 1 aromatic rings.